The normalized spacial score (nSPS) is 25.0. The first kappa shape index (κ1) is 15.5. The summed E-state index contributed by atoms with van der Waals surface area (Å²) in [4.78, 5) is 27.5. The highest BCUT2D eigenvalue weighted by molar-refractivity contribution is 5.85. The number of carboxylic acids is 1. The Bertz CT molecular complexity index is 514. The van der Waals surface area contributed by atoms with Crippen molar-refractivity contribution in [2.24, 2.45) is 17.8 Å². The Morgan fingerprint density at radius 1 is 1.38 bits per heavy atom. The second kappa shape index (κ2) is 6.69. The molecule has 21 heavy (non-hydrogen) atoms. The maximum Gasteiger partial charge on any atom is 0.307 e. The lowest BCUT2D eigenvalue weighted by molar-refractivity contribution is -0.146. The van der Waals surface area contributed by atoms with Crippen LogP contribution >= 0.6 is 0 Å². The zero-order valence-electron chi connectivity index (χ0n) is 12.3. The second-order valence-electron chi connectivity index (χ2n) is 5.57. The van der Waals surface area contributed by atoms with Gasteiger partial charge in [-0.05, 0) is 25.7 Å². The quantitative estimate of drug-likeness (QED) is 0.816. The van der Waals surface area contributed by atoms with Crippen molar-refractivity contribution < 1.29 is 19.2 Å². The van der Waals surface area contributed by atoms with E-state index < -0.39 is 17.8 Å². The number of aryl methyl sites for hydroxylation is 1. The number of carboxylic acid groups (broad SMARTS) is 1. The Balaban J connectivity index is 1.85. The molecule has 1 aliphatic carbocycles. The molecule has 0 spiro atoms. The van der Waals surface area contributed by atoms with E-state index in [4.69, 9.17) is 4.52 Å². The number of carbonyl (C=O) groups excluding carboxylic acids is 1. The molecule has 1 heterocycles. The molecule has 1 aliphatic rings. The Labute approximate surface area is 123 Å². The molecule has 116 valence electrons. The number of hydrogen-bond donors (Lipinski definition) is 2. The van der Waals surface area contributed by atoms with E-state index in [1.165, 1.54) is 0 Å². The van der Waals surface area contributed by atoms with Crippen molar-refractivity contribution in [3.63, 3.8) is 0 Å². The minimum Gasteiger partial charge on any atom is -0.481 e. The largest absolute Gasteiger partial charge is 0.481 e. The Kier molecular flexibility index (Phi) is 4.93. The predicted octanol–water partition coefficient (Wildman–Crippen LogP) is 1.17. The fourth-order valence-corrected chi connectivity index (χ4v) is 2.90. The van der Waals surface area contributed by atoms with Gasteiger partial charge in [0.2, 0.25) is 11.8 Å². The van der Waals surface area contributed by atoms with Crippen LogP contribution < -0.4 is 5.32 Å². The van der Waals surface area contributed by atoms with Gasteiger partial charge in [0.1, 0.15) is 0 Å². The van der Waals surface area contributed by atoms with Gasteiger partial charge in [0, 0.05) is 13.0 Å². The number of nitrogens with zero attached hydrogens (tertiary/aromatic N) is 2. The predicted molar refractivity (Wildman–Crippen MR) is 73.4 cm³/mol. The molecule has 3 atom stereocenters. The summed E-state index contributed by atoms with van der Waals surface area (Å²) in [5, 5.41) is 15.7. The lowest BCUT2D eigenvalue weighted by Crippen LogP contribution is -2.36. The zero-order valence-corrected chi connectivity index (χ0v) is 12.3. The molecule has 1 aromatic heterocycles. The minimum atomic E-state index is -0.876. The summed E-state index contributed by atoms with van der Waals surface area (Å²) in [6.07, 6.45) is 2.61. The monoisotopic (exact) mass is 295 g/mol. The van der Waals surface area contributed by atoms with Crippen LogP contribution in [0.5, 0.6) is 0 Å². The van der Waals surface area contributed by atoms with Gasteiger partial charge >= 0.3 is 5.97 Å². The maximum atomic E-state index is 12.2. The fourth-order valence-electron chi connectivity index (χ4n) is 2.90. The highest BCUT2D eigenvalue weighted by atomic mass is 16.5. The van der Waals surface area contributed by atoms with Crippen LogP contribution in [0.25, 0.3) is 0 Å². The molecule has 0 bridgehead atoms. The summed E-state index contributed by atoms with van der Waals surface area (Å²) in [7, 11) is 0. The van der Waals surface area contributed by atoms with Crippen molar-refractivity contribution in [2.75, 3.05) is 6.54 Å². The molecule has 1 amide bonds. The number of carbonyl (C=O) groups is 2. The molecular weight excluding hydrogens is 274 g/mol. The summed E-state index contributed by atoms with van der Waals surface area (Å²) in [6.45, 7) is 4.13. The summed E-state index contributed by atoms with van der Waals surface area (Å²) < 4.78 is 4.96. The first-order chi connectivity index (χ1) is 10.0. The SMILES string of the molecule is CCC1CC(C(=O)O)C(C(=O)NCCc2nc(C)no2)C1. The van der Waals surface area contributed by atoms with Crippen LogP contribution in [0.1, 0.15) is 37.9 Å². The summed E-state index contributed by atoms with van der Waals surface area (Å²) in [5.41, 5.74) is 0. The zero-order chi connectivity index (χ0) is 15.4. The van der Waals surface area contributed by atoms with Gasteiger partial charge in [0.25, 0.3) is 0 Å². The van der Waals surface area contributed by atoms with Gasteiger partial charge in [-0.2, -0.15) is 4.98 Å². The number of hydrogen-bond acceptors (Lipinski definition) is 5. The Hall–Kier alpha value is -1.92. The van der Waals surface area contributed by atoms with Crippen molar-refractivity contribution in [2.45, 2.75) is 39.5 Å². The standard InChI is InChI=1S/C14H21N3O4/c1-3-9-6-10(11(7-9)14(19)20)13(18)15-5-4-12-16-8(2)17-21-12/h9-11H,3-7H2,1-2H3,(H,15,18)(H,19,20). The smallest absolute Gasteiger partial charge is 0.307 e. The number of nitrogens with one attached hydrogen (secondary N) is 1. The van der Waals surface area contributed by atoms with Gasteiger partial charge in [0.15, 0.2) is 5.82 Å². The number of amides is 1. The molecule has 0 aromatic carbocycles. The Morgan fingerprint density at radius 2 is 2.10 bits per heavy atom. The minimum absolute atomic E-state index is 0.186. The van der Waals surface area contributed by atoms with Gasteiger partial charge in [0.05, 0.1) is 11.8 Å². The van der Waals surface area contributed by atoms with Crippen LogP contribution in [0.4, 0.5) is 0 Å². The van der Waals surface area contributed by atoms with E-state index in [0.29, 0.717) is 43.4 Å². The van der Waals surface area contributed by atoms with Crippen molar-refractivity contribution in [1.82, 2.24) is 15.5 Å². The van der Waals surface area contributed by atoms with E-state index in [-0.39, 0.29) is 5.91 Å². The second-order valence-corrected chi connectivity index (χ2v) is 5.57. The van der Waals surface area contributed by atoms with Crippen molar-refractivity contribution >= 4 is 11.9 Å². The third kappa shape index (κ3) is 3.80. The molecule has 1 saturated carbocycles. The highest BCUT2D eigenvalue weighted by Gasteiger charge is 2.41. The lowest BCUT2D eigenvalue weighted by Gasteiger charge is -2.15. The molecule has 1 fully saturated rings. The molecule has 2 N–H and O–H groups in total. The number of aliphatic carboxylic acids is 1. The third-order valence-corrected chi connectivity index (χ3v) is 4.10. The van der Waals surface area contributed by atoms with E-state index in [9.17, 15) is 14.7 Å². The fraction of sp³-hybridized carbons (Fsp3) is 0.714. The third-order valence-electron chi connectivity index (χ3n) is 4.10. The van der Waals surface area contributed by atoms with Gasteiger partial charge in [-0.25, -0.2) is 0 Å². The van der Waals surface area contributed by atoms with Gasteiger partial charge in [-0.3, -0.25) is 9.59 Å². The molecule has 0 saturated heterocycles. The van der Waals surface area contributed by atoms with Crippen LogP contribution in [0.2, 0.25) is 0 Å². The van der Waals surface area contributed by atoms with Crippen LogP contribution in [-0.2, 0) is 16.0 Å². The van der Waals surface area contributed by atoms with Gasteiger partial charge in [-0.1, -0.05) is 18.5 Å². The molecule has 7 heteroatoms. The molecular formula is C14H21N3O4. The van der Waals surface area contributed by atoms with Crippen molar-refractivity contribution in [3.05, 3.63) is 11.7 Å². The van der Waals surface area contributed by atoms with Crippen LogP contribution in [0.15, 0.2) is 4.52 Å². The number of rotatable bonds is 6. The van der Waals surface area contributed by atoms with Crippen LogP contribution in [-0.4, -0.2) is 33.7 Å². The number of aromatic nitrogens is 2. The van der Waals surface area contributed by atoms with E-state index in [1.54, 1.807) is 6.92 Å². The average molecular weight is 295 g/mol. The van der Waals surface area contributed by atoms with E-state index >= 15 is 0 Å². The van der Waals surface area contributed by atoms with E-state index in [1.807, 2.05) is 6.92 Å². The summed E-state index contributed by atoms with van der Waals surface area (Å²) in [5.74, 6) is -0.713. The summed E-state index contributed by atoms with van der Waals surface area (Å²) in [6, 6.07) is 0. The topological polar surface area (TPSA) is 105 Å². The highest BCUT2D eigenvalue weighted by Crippen LogP contribution is 2.38. The molecule has 1 aromatic rings. The molecule has 7 nitrogen and oxygen atoms in total. The lowest BCUT2D eigenvalue weighted by atomic mass is 9.95. The van der Waals surface area contributed by atoms with Crippen molar-refractivity contribution in [1.29, 1.82) is 0 Å². The van der Waals surface area contributed by atoms with Gasteiger partial charge in [-0.15, -0.1) is 0 Å². The molecule has 0 aliphatic heterocycles. The van der Waals surface area contributed by atoms with Crippen LogP contribution in [0.3, 0.4) is 0 Å². The molecule has 3 unspecified atom stereocenters. The molecule has 0 radical (unpaired) electrons. The van der Waals surface area contributed by atoms with Crippen LogP contribution in [0, 0.1) is 24.7 Å². The van der Waals surface area contributed by atoms with E-state index in [2.05, 4.69) is 15.5 Å². The van der Waals surface area contributed by atoms with E-state index in [0.717, 1.165) is 6.42 Å². The molecule has 2 rings (SSSR count). The van der Waals surface area contributed by atoms with Crippen molar-refractivity contribution in [3.8, 4) is 0 Å². The first-order valence-electron chi connectivity index (χ1n) is 7.31. The first-order valence-corrected chi connectivity index (χ1v) is 7.31. The average Bonchev–Trinajstić information content (AvgIpc) is 3.04. The summed E-state index contributed by atoms with van der Waals surface area (Å²) >= 11 is 0. The maximum absolute atomic E-state index is 12.2. The Morgan fingerprint density at radius 3 is 2.67 bits per heavy atom. The van der Waals surface area contributed by atoms with Gasteiger partial charge < -0.3 is 14.9 Å².